The summed E-state index contributed by atoms with van der Waals surface area (Å²) < 4.78 is 0. The molecule has 0 atom stereocenters. The van der Waals surface area contributed by atoms with Gasteiger partial charge in [0.15, 0.2) is 0 Å². The molecule has 4 nitrogen and oxygen atoms in total. The van der Waals surface area contributed by atoms with E-state index in [0.29, 0.717) is 0 Å². The molecule has 4 aliphatic rings. The minimum Gasteiger partial charge on any atom is -0.393 e. The van der Waals surface area contributed by atoms with Crippen LogP contribution in [-0.2, 0) is 21.7 Å². The van der Waals surface area contributed by atoms with E-state index in [1.165, 1.54) is 77.0 Å². The monoisotopic (exact) mass is 448 g/mol. The summed E-state index contributed by atoms with van der Waals surface area (Å²) in [6.07, 6.45) is 23.7. The topological polar surface area (TPSA) is 80.9 Å². The molecule has 4 saturated carbocycles. The summed E-state index contributed by atoms with van der Waals surface area (Å²) in [5.41, 5.74) is 0. The Morgan fingerprint density at radius 2 is 0.414 bits per heavy atom. The first-order valence-corrected chi connectivity index (χ1v) is 12.3. The van der Waals surface area contributed by atoms with Crippen LogP contribution in [0, 0.1) is 0 Å². The van der Waals surface area contributed by atoms with Crippen molar-refractivity contribution < 1.29 is 42.1 Å². The summed E-state index contributed by atoms with van der Waals surface area (Å²) in [6.45, 7) is 0. The van der Waals surface area contributed by atoms with Gasteiger partial charge in [0.25, 0.3) is 0 Å². The van der Waals surface area contributed by atoms with Crippen molar-refractivity contribution in [3.05, 3.63) is 0 Å². The first-order chi connectivity index (χ1) is 13.6. The maximum Gasteiger partial charge on any atom is 0.0540 e. The van der Waals surface area contributed by atoms with Crippen molar-refractivity contribution in [1.29, 1.82) is 0 Å². The fraction of sp³-hybridized carbons (Fsp3) is 1.00. The van der Waals surface area contributed by atoms with Gasteiger partial charge in [-0.1, -0.05) is 77.0 Å². The van der Waals surface area contributed by atoms with Crippen LogP contribution in [0.15, 0.2) is 0 Å². The molecule has 0 spiro atoms. The fourth-order valence-electron chi connectivity index (χ4n) is 4.32. The molecule has 0 aromatic carbocycles. The van der Waals surface area contributed by atoms with Gasteiger partial charge in [0.05, 0.1) is 24.4 Å². The Labute approximate surface area is 194 Å². The Morgan fingerprint density at radius 3 is 0.483 bits per heavy atom. The molecule has 0 aromatic rings. The van der Waals surface area contributed by atoms with Crippen molar-refractivity contribution >= 4 is 0 Å². The van der Waals surface area contributed by atoms with Crippen molar-refractivity contribution in [2.75, 3.05) is 0 Å². The summed E-state index contributed by atoms with van der Waals surface area (Å²) in [6, 6.07) is 0. The molecular formula is C24H48O4Ti. The molecule has 4 N–H and O–H groups in total. The van der Waals surface area contributed by atoms with Crippen LogP contribution in [0.25, 0.3) is 0 Å². The average molecular weight is 449 g/mol. The fourth-order valence-corrected chi connectivity index (χ4v) is 4.32. The van der Waals surface area contributed by atoms with Gasteiger partial charge in [-0.3, -0.25) is 0 Å². The Hall–Kier alpha value is 0.554. The predicted octanol–water partition coefficient (Wildman–Crippen LogP) is 5.24. The molecule has 5 heteroatoms. The van der Waals surface area contributed by atoms with Gasteiger partial charge in [-0.15, -0.1) is 0 Å². The standard InChI is InChI=1S/4C6H12O.Ti/c4*7-6-4-2-1-3-5-6;/h4*6-7H,1-5H2;. The molecule has 4 aliphatic carbocycles. The van der Waals surface area contributed by atoms with Gasteiger partial charge < -0.3 is 20.4 Å². The van der Waals surface area contributed by atoms with E-state index in [4.69, 9.17) is 20.4 Å². The first kappa shape index (κ1) is 29.6. The maximum absolute atomic E-state index is 8.91. The van der Waals surface area contributed by atoms with Crippen molar-refractivity contribution in [3.8, 4) is 0 Å². The minimum absolute atomic E-state index is 0. The minimum atomic E-state index is 0. The third kappa shape index (κ3) is 19.0. The van der Waals surface area contributed by atoms with Crippen LogP contribution < -0.4 is 0 Å². The molecule has 4 fully saturated rings. The van der Waals surface area contributed by atoms with Crippen LogP contribution in [0.5, 0.6) is 0 Å². The zero-order valence-electron chi connectivity index (χ0n) is 18.7. The van der Waals surface area contributed by atoms with Gasteiger partial charge in [-0.05, 0) is 51.4 Å². The molecule has 0 heterocycles. The SMILES string of the molecule is OC1CCCCC1.OC1CCCCC1.OC1CCCCC1.OC1CCCCC1.[Ti]. The molecule has 0 aromatic heterocycles. The van der Waals surface area contributed by atoms with E-state index in [0.717, 1.165) is 51.4 Å². The van der Waals surface area contributed by atoms with E-state index in [9.17, 15) is 0 Å². The van der Waals surface area contributed by atoms with E-state index in [1.54, 1.807) is 0 Å². The van der Waals surface area contributed by atoms with Crippen LogP contribution in [0.1, 0.15) is 128 Å². The van der Waals surface area contributed by atoms with Gasteiger partial charge >= 0.3 is 0 Å². The summed E-state index contributed by atoms with van der Waals surface area (Å²) in [5, 5.41) is 35.6. The van der Waals surface area contributed by atoms with E-state index in [2.05, 4.69) is 0 Å². The smallest absolute Gasteiger partial charge is 0.0540 e. The first-order valence-electron chi connectivity index (χ1n) is 12.3. The molecule has 0 aliphatic heterocycles. The third-order valence-corrected chi connectivity index (χ3v) is 6.30. The second-order valence-electron chi connectivity index (χ2n) is 9.17. The van der Waals surface area contributed by atoms with Gasteiger partial charge in [-0.25, -0.2) is 0 Å². The molecule has 4 rings (SSSR count). The number of aliphatic hydroxyl groups excluding tert-OH is 4. The summed E-state index contributed by atoms with van der Waals surface area (Å²) in [5.74, 6) is 0. The second kappa shape index (κ2) is 20.5. The van der Waals surface area contributed by atoms with E-state index >= 15 is 0 Å². The summed E-state index contributed by atoms with van der Waals surface area (Å²) in [7, 11) is 0. The Bertz CT molecular complexity index is 255. The van der Waals surface area contributed by atoms with Crippen LogP contribution in [-0.4, -0.2) is 44.8 Å². The van der Waals surface area contributed by atoms with Crippen molar-refractivity contribution in [3.63, 3.8) is 0 Å². The molecule has 0 bridgehead atoms. The zero-order valence-corrected chi connectivity index (χ0v) is 20.3. The Balaban J connectivity index is 0.000000356. The van der Waals surface area contributed by atoms with Crippen LogP contribution in [0.3, 0.4) is 0 Å². The normalized spacial score (nSPS) is 24.4. The summed E-state index contributed by atoms with van der Waals surface area (Å²) >= 11 is 0. The van der Waals surface area contributed by atoms with Crippen molar-refractivity contribution in [2.45, 2.75) is 153 Å². The van der Waals surface area contributed by atoms with Crippen LogP contribution in [0.2, 0.25) is 0 Å². The molecule has 0 unspecified atom stereocenters. The molecule has 172 valence electrons. The van der Waals surface area contributed by atoms with E-state index in [1.807, 2.05) is 0 Å². The Kier molecular flexibility index (Phi) is 20.8. The number of rotatable bonds is 0. The average Bonchev–Trinajstić information content (AvgIpc) is 2.72. The summed E-state index contributed by atoms with van der Waals surface area (Å²) in [4.78, 5) is 0. The van der Waals surface area contributed by atoms with Crippen LogP contribution >= 0.6 is 0 Å². The number of hydrogen-bond donors (Lipinski definition) is 4. The zero-order chi connectivity index (χ0) is 20.5. The van der Waals surface area contributed by atoms with Crippen molar-refractivity contribution in [2.24, 2.45) is 0 Å². The van der Waals surface area contributed by atoms with Crippen molar-refractivity contribution in [1.82, 2.24) is 0 Å². The van der Waals surface area contributed by atoms with Gasteiger partial charge in [0.1, 0.15) is 0 Å². The third-order valence-electron chi connectivity index (χ3n) is 6.30. The molecule has 0 amide bonds. The maximum atomic E-state index is 8.91. The predicted molar refractivity (Wildman–Crippen MR) is 116 cm³/mol. The Morgan fingerprint density at radius 1 is 0.276 bits per heavy atom. The number of aliphatic hydroxyl groups is 4. The van der Waals surface area contributed by atoms with Gasteiger partial charge in [0.2, 0.25) is 0 Å². The molecule has 0 saturated heterocycles. The largest absolute Gasteiger partial charge is 0.393 e. The van der Waals surface area contributed by atoms with Gasteiger partial charge in [-0.2, -0.15) is 0 Å². The molecular weight excluding hydrogens is 400 g/mol. The quantitative estimate of drug-likeness (QED) is 0.382. The van der Waals surface area contributed by atoms with E-state index < -0.39 is 0 Å². The van der Waals surface area contributed by atoms with E-state index in [-0.39, 0.29) is 46.1 Å². The second-order valence-corrected chi connectivity index (χ2v) is 9.17. The number of hydrogen-bond acceptors (Lipinski definition) is 4. The van der Waals surface area contributed by atoms with Crippen LogP contribution in [0.4, 0.5) is 0 Å². The molecule has 0 radical (unpaired) electrons. The molecule has 29 heavy (non-hydrogen) atoms. The van der Waals surface area contributed by atoms with Gasteiger partial charge in [0, 0.05) is 21.7 Å².